The van der Waals surface area contributed by atoms with E-state index in [1.165, 1.54) is 0 Å². The highest BCUT2D eigenvalue weighted by molar-refractivity contribution is 5.79. The van der Waals surface area contributed by atoms with Crippen molar-refractivity contribution in [3.63, 3.8) is 0 Å². The number of carbonyl (C=O) groups excluding carboxylic acids is 1. The zero-order chi connectivity index (χ0) is 7.40. The second-order valence-electron chi connectivity index (χ2n) is 2.45. The van der Waals surface area contributed by atoms with Crippen LogP contribution in [0.5, 0.6) is 0 Å². The molecule has 1 amide bonds. The summed E-state index contributed by atoms with van der Waals surface area (Å²) in [6, 6.07) is 0. The lowest BCUT2D eigenvalue weighted by Crippen LogP contribution is -2.39. The quantitative estimate of drug-likeness (QED) is 0.519. The van der Waals surface area contributed by atoms with Gasteiger partial charge >= 0.3 is 0 Å². The van der Waals surface area contributed by atoms with E-state index < -0.39 is 0 Å². The standard InChI is InChI=1S/C7H13N2O/c1-8-7(10)6-3-2-4-9-5-6/h3,6,9H,2,4-5H2,1H3,(H,8,10). The largest absolute Gasteiger partial charge is 0.359 e. The first-order valence-electron chi connectivity index (χ1n) is 3.60. The van der Waals surface area contributed by atoms with Crippen molar-refractivity contribution in [3.8, 4) is 0 Å². The Kier molecular flexibility index (Phi) is 2.68. The molecule has 1 heterocycles. The average Bonchev–Trinajstić information content (AvgIpc) is 2.05. The van der Waals surface area contributed by atoms with Gasteiger partial charge in [0.1, 0.15) is 0 Å². The molecule has 1 unspecified atom stereocenters. The molecule has 2 N–H and O–H groups in total. The molecular formula is C7H13N2O. The van der Waals surface area contributed by atoms with Gasteiger partial charge in [0.2, 0.25) is 5.91 Å². The summed E-state index contributed by atoms with van der Waals surface area (Å²) >= 11 is 0. The fourth-order valence-corrected chi connectivity index (χ4v) is 1.11. The Bertz CT molecular complexity index is 119. The van der Waals surface area contributed by atoms with Crippen LogP contribution < -0.4 is 10.6 Å². The van der Waals surface area contributed by atoms with Crippen molar-refractivity contribution in [1.82, 2.24) is 10.6 Å². The molecule has 0 aromatic rings. The third kappa shape index (κ3) is 1.70. The maximum atomic E-state index is 11.0. The van der Waals surface area contributed by atoms with Gasteiger partial charge in [0.05, 0.1) is 5.92 Å². The molecule has 1 atom stereocenters. The number of amides is 1. The lowest BCUT2D eigenvalue weighted by Gasteiger charge is -2.20. The third-order valence-corrected chi connectivity index (χ3v) is 1.72. The van der Waals surface area contributed by atoms with Crippen molar-refractivity contribution < 1.29 is 4.79 Å². The Balaban J connectivity index is 2.31. The van der Waals surface area contributed by atoms with Crippen LogP contribution in [-0.2, 0) is 4.79 Å². The number of rotatable bonds is 1. The number of carbonyl (C=O) groups is 1. The van der Waals surface area contributed by atoms with Crippen LogP contribution in [-0.4, -0.2) is 26.0 Å². The second-order valence-corrected chi connectivity index (χ2v) is 2.45. The molecule has 3 heteroatoms. The van der Waals surface area contributed by atoms with Crippen molar-refractivity contribution in [2.75, 3.05) is 20.1 Å². The van der Waals surface area contributed by atoms with Gasteiger partial charge < -0.3 is 10.6 Å². The van der Waals surface area contributed by atoms with Crippen LogP contribution in [0.4, 0.5) is 0 Å². The molecular weight excluding hydrogens is 128 g/mol. The van der Waals surface area contributed by atoms with E-state index in [0.29, 0.717) is 0 Å². The highest BCUT2D eigenvalue weighted by Crippen LogP contribution is 2.07. The SMILES string of the molecule is CNC(=O)C1[CH]CCNC1. The van der Waals surface area contributed by atoms with Gasteiger partial charge in [-0.05, 0) is 19.4 Å². The Morgan fingerprint density at radius 2 is 2.60 bits per heavy atom. The Morgan fingerprint density at radius 3 is 3.10 bits per heavy atom. The van der Waals surface area contributed by atoms with Gasteiger partial charge in [-0.2, -0.15) is 0 Å². The van der Waals surface area contributed by atoms with Gasteiger partial charge in [-0.3, -0.25) is 4.79 Å². The lowest BCUT2D eigenvalue weighted by molar-refractivity contribution is -0.123. The fraction of sp³-hybridized carbons (Fsp3) is 0.714. The number of nitrogens with one attached hydrogen (secondary N) is 2. The van der Waals surface area contributed by atoms with Crippen molar-refractivity contribution >= 4 is 5.91 Å². The van der Waals surface area contributed by atoms with Crippen molar-refractivity contribution in [2.24, 2.45) is 5.92 Å². The van der Waals surface area contributed by atoms with Crippen LogP contribution in [0.15, 0.2) is 0 Å². The minimum absolute atomic E-state index is 0.0822. The summed E-state index contributed by atoms with van der Waals surface area (Å²) in [5, 5.41) is 5.78. The van der Waals surface area contributed by atoms with Crippen molar-refractivity contribution in [1.29, 1.82) is 0 Å². The van der Waals surface area contributed by atoms with Crippen LogP contribution in [0.1, 0.15) is 6.42 Å². The van der Waals surface area contributed by atoms with Crippen LogP contribution in [0.25, 0.3) is 0 Å². The molecule has 1 saturated heterocycles. The summed E-state index contributed by atoms with van der Waals surface area (Å²) in [7, 11) is 1.67. The van der Waals surface area contributed by atoms with Crippen LogP contribution in [0, 0.1) is 12.3 Å². The highest BCUT2D eigenvalue weighted by Gasteiger charge is 2.19. The van der Waals surface area contributed by atoms with E-state index in [1.54, 1.807) is 7.05 Å². The summed E-state index contributed by atoms with van der Waals surface area (Å²) in [6.45, 7) is 1.80. The molecule has 0 spiro atoms. The fourth-order valence-electron chi connectivity index (χ4n) is 1.11. The maximum absolute atomic E-state index is 11.0. The van der Waals surface area contributed by atoms with Gasteiger partial charge in [0.25, 0.3) is 0 Å². The van der Waals surface area contributed by atoms with Crippen molar-refractivity contribution in [2.45, 2.75) is 6.42 Å². The first-order valence-corrected chi connectivity index (χ1v) is 3.60. The molecule has 1 rings (SSSR count). The minimum atomic E-state index is 0.0822. The first kappa shape index (κ1) is 7.54. The molecule has 1 radical (unpaired) electrons. The topological polar surface area (TPSA) is 41.1 Å². The van der Waals surface area contributed by atoms with Gasteiger partial charge in [0, 0.05) is 13.6 Å². The summed E-state index contributed by atoms with van der Waals surface area (Å²) in [5.74, 6) is 0.200. The predicted octanol–water partition coefficient (Wildman–Crippen LogP) is -0.454. The average molecular weight is 141 g/mol. The summed E-state index contributed by atoms with van der Waals surface area (Å²) in [4.78, 5) is 11.0. The van der Waals surface area contributed by atoms with E-state index >= 15 is 0 Å². The zero-order valence-corrected chi connectivity index (χ0v) is 6.18. The van der Waals surface area contributed by atoms with E-state index in [0.717, 1.165) is 19.5 Å². The van der Waals surface area contributed by atoms with Gasteiger partial charge in [0.15, 0.2) is 0 Å². The van der Waals surface area contributed by atoms with E-state index in [2.05, 4.69) is 17.1 Å². The van der Waals surface area contributed by atoms with E-state index in [4.69, 9.17) is 0 Å². The lowest BCUT2D eigenvalue weighted by atomic mass is 9.99. The molecule has 0 aromatic heterocycles. The molecule has 0 aliphatic carbocycles. The molecule has 0 saturated carbocycles. The smallest absolute Gasteiger partial charge is 0.224 e. The van der Waals surface area contributed by atoms with Crippen LogP contribution in [0.3, 0.4) is 0 Å². The van der Waals surface area contributed by atoms with Crippen molar-refractivity contribution in [3.05, 3.63) is 6.42 Å². The number of piperidine rings is 1. The van der Waals surface area contributed by atoms with Crippen LogP contribution in [0.2, 0.25) is 0 Å². The first-order chi connectivity index (χ1) is 4.84. The zero-order valence-electron chi connectivity index (χ0n) is 6.18. The Hall–Kier alpha value is -0.570. The second kappa shape index (κ2) is 3.56. The summed E-state index contributed by atoms with van der Waals surface area (Å²) in [5.41, 5.74) is 0. The van der Waals surface area contributed by atoms with Gasteiger partial charge in [-0.15, -0.1) is 0 Å². The monoisotopic (exact) mass is 141 g/mol. The minimum Gasteiger partial charge on any atom is -0.359 e. The third-order valence-electron chi connectivity index (χ3n) is 1.72. The van der Waals surface area contributed by atoms with E-state index in [9.17, 15) is 4.79 Å². The molecule has 1 fully saturated rings. The molecule has 3 nitrogen and oxygen atoms in total. The Morgan fingerprint density at radius 1 is 1.80 bits per heavy atom. The predicted molar refractivity (Wildman–Crippen MR) is 39.3 cm³/mol. The molecule has 10 heavy (non-hydrogen) atoms. The van der Waals surface area contributed by atoms with E-state index in [-0.39, 0.29) is 11.8 Å². The molecule has 1 aliphatic heterocycles. The number of hydrogen-bond donors (Lipinski definition) is 2. The Labute approximate surface area is 61.2 Å². The molecule has 0 aromatic carbocycles. The molecule has 1 aliphatic rings. The summed E-state index contributed by atoms with van der Waals surface area (Å²) in [6.07, 6.45) is 3.06. The van der Waals surface area contributed by atoms with Gasteiger partial charge in [-0.25, -0.2) is 0 Å². The molecule has 0 bridgehead atoms. The van der Waals surface area contributed by atoms with E-state index in [1.807, 2.05) is 0 Å². The summed E-state index contributed by atoms with van der Waals surface area (Å²) < 4.78 is 0. The van der Waals surface area contributed by atoms with Crippen LogP contribution >= 0.6 is 0 Å². The molecule has 57 valence electrons. The number of hydrogen-bond acceptors (Lipinski definition) is 2. The highest BCUT2D eigenvalue weighted by atomic mass is 16.1. The maximum Gasteiger partial charge on any atom is 0.224 e. The van der Waals surface area contributed by atoms with Gasteiger partial charge in [-0.1, -0.05) is 0 Å². The normalized spacial score (nSPS) is 25.9.